The largest absolute Gasteiger partial charge is 0.479 e. The van der Waals surface area contributed by atoms with Gasteiger partial charge in [-0.05, 0) is 48.7 Å². The summed E-state index contributed by atoms with van der Waals surface area (Å²) in [5.41, 5.74) is 3.80. The number of carboxylic acid groups (broad SMARTS) is 1. The van der Waals surface area contributed by atoms with Crippen molar-refractivity contribution in [2.24, 2.45) is 0 Å². The lowest BCUT2D eigenvalue weighted by Gasteiger charge is -2.23. The summed E-state index contributed by atoms with van der Waals surface area (Å²) < 4.78 is 6.12. The molecule has 3 aromatic rings. The third-order valence-electron chi connectivity index (χ3n) is 5.12. The van der Waals surface area contributed by atoms with Crippen molar-refractivity contribution in [1.29, 1.82) is 0 Å². The quantitative estimate of drug-likeness (QED) is 0.404. The number of amides is 1. The fraction of sp³-hybridized carbons (Fsp3) is 0.125. The zero-order chi connectivity index (χ0) is 22.1. The van der Waals surface area contributed by atoms with Crippen LogP contribution in [0.5, 0.6) is 0 Å². The molecule has 1 aliphatic rings. The molecule has 1 saturated heterocycles. The third kappa shape index (κ3) is 4.19. The van der Waals surface area contributed by atoms with Crippen molar-refractivity contribution in [2.75, 3.05) is 0 Å². The van der Waals surface area contributed by atoms with Crippen molar-refractivity contribution in [1.82, 2.24) is 4.90 Å². The van der Waals surface area contributed by atoms with Gasteiger partial charge in [-0.2, -0.15) is 0 Å². The lowest BCUT2D eigenvalue weighted by Crippen LogP contribution is -2.37. The normalized spacial score (nSPS) is 16.2. The van der Waals surface area contributed by atoms with Gasteiger partial charge in [-0.15, -0.1) is 0 Å². The van der Waals surface area contributed by atoms with Crippen LogP contribution in [0.25, 0.3) is 17.4 Å². The van der Waals surface area contributed by atoms with E-state index in [0.29, 0.717) is 22.0 Å². The van der Waals surface area contributed by atoms with E-state index in [1.165, 1.54) is 5.56 Å². The number of carbonyl (C=O) groups excluding carboxylic acids is 1. The number of thiocarbonyl (C=S) groups is 1. The predicted octanol–water partition coefficient (Wildman–Crippen LogP) is 5.59. The molecular formula is C24H19NO4S2. The molecule has 4 rings (SSSR count). The molecular weight excluding hydrogens is 430 g/mol. The lowest BCUT2D eigenvalue weighted by molar-refractivity contribution is -0.145. The van der Waals surface area contributed by atoms with Gasteiger partial charge in [-0.25, -0.2) is 4.79 Å². The van der Waals surface area contributed by atoms with Crippen molar-refractivity contribution >= 4 is 46.3 Å². The highest BCUT2D eigenvalue weighted by Gasteiger charge is 2.41. The maximum atomic E-state index is 13.0. The Morgan fingerprint density at radius 1 is 1.10 bits per heavy atom. The van der Waals surface area contributed by atoms with Gasteiger partial charge in [0.2, 0.25) is 0 Å². The number of aliphatic carboxylic acids is 1. The molecule has 1 fully saturated rings. The smallest absolute Gasteiger partial charge is 0.331 e. The maximum absolute atomic E-state index is 13.0. The fourth-order valence-electron chi connectivity index (χ4n) is 3.35. The second kappa shape index (κ2) is 8.53. The summed E-state index contributed by atoms with van der Waals surface area (Å²) >= 11 is 6.42. The highest BCUT2D eigenvalue weighted by atomic mass is 32.2. The van der Waals surface area contributed by atoms with Crippen LogP contribution >= 0.6 is 24.0 Å². The molecule has 0 bridgehead atoms. The van der Waals surface area contributed by atoms with Crippen molar-refractivity contribution in [3.05, 3.63) is 88.0 Å². The first-order valence-electron chi connectivity index (χ1n) is 9.57. The molecule has 1 atom stereocenters. The Balaban J connectivity index is 1.62. The van der Waals surface area contributed by atoms with E-state index in [2.05, 4.69) is 13.0 Å². The summed E-state index contributed by atoms with van der Waals surface area (Å²) in [4.78, 5) is 26.5. The number of furan rings is 1. The molecule has 156 valence electrons. The van der Waals surface area contributed by atoms with Gasteiger partial charge in [0.05, 0.1) is 4.91 Å². The fourth-order valence-corrected chi connectivity index (χ4v) is 4.64. The van der Waals surface area contributed by atoms with Crippen molar-refractivity contribution in [3.63, 3.8) is 0 Å². The number of hydrogen-bond acceptors (Lipinski definition) is 5. The van der Waals surface area contributed by atoms with Gasteiger partial charge in [-0.1, -0.05) is 66.4 Å². The SMILES string of the molecule is Cc1ccc(-c2ccc(/C=C3\SC(=S)N(C(C(=O)O)c4ccccc4)C3=O)o2)cc1C. The Hall–Kier alpha value is -3.16. The first kappa shape index (κ1) is 21.1. The van der Waals surface area contributed by atoms with Crippen LogP contribution in [0.3, 0.4) is 0 Å². The van der Waals surface area contributed by atoms with Crippen LogP contribution in [0.15, 0.2) is 70.0 Å². The second-order valence-electron chi connectivity index (χ2n) is 7.20. The van der Waals surface area contributed by atoms with E-state index in [-0.39, 0.29) is 4.32 Å². The average Bonchev–Trinajstić information content (AvgIpc) is 3.31. The lowest BCUT2D eigenvalue weighted by atomic mass is 10.1. The minimum Gasteiger partial charge on any atom is -0.479 e. The summed E-state index contributed by atoms with van der Waals surface area (Å²) in [5, 5.41) is 9.77. The number of carboxylic acids is 1. The molecule has 2 heterocycles. The van der Waals surface area contributed by atoms with Gasteiger partial charge in [0.1, 0.15) is 15.8 Å². The summed E-state index contributed by atoms with van der Waals surface area (Å²) in [5.74, 6) is -0.396. The highest BCUT2D eigenvalue weighted by Crippen LogP contribution is 2.39. The maximum Gasteiger partial charge on any atom is 0.331 e. The number of rotatable bonds is 5. The van der Waals surface area contributed by atoms with Gasteiger partial charge in [0, 0.05) is 11.6 Å². The summed E-state index contributed by atoms with van der Waals surface area (Å²) in [7, 11) is 0. The van der Waals surface area contributed by atoms with E-state index in [1.807, 2.05) is 25.1 Å². The Bertz CT molecular complexity index is 1210. The van der Waals surface area contributed by atoms with Crippen LogP contribution in [-0.4, -0.2) is 26.2 Å². The highest BCUT2D eigenvalue weighted by molar-refractivity contribution is 8.26. The molecule has 1 aliphatic heterocycles. The van der Waals surface area contributed by atoms with Crippen molar-refractivity contribution in [2.45, 2.75) is 19.9 Å². The van der Waals surface area contributed by atoms with Crippen LogP contribution < -0.4 is 0 Å². The van der Waals surface area contributed by atoms with Crippen molar-refractivity contribution in [3.8, 4) is 11.3 Å². The van der Waals surface area contributed by atoms with Gasteiger partial charge >= 0.3 is 5.97 Å². The molecule has 1 unspecified atom stereocenters. The van der Waals surface area contributed by atoms with Crippen LogP contribution in [0.2, 0.25) is 0 Å². The summed E-state index contributed by atoms with van der Waals surface area (Å²) in [6.07, 6.45) is 1.60. The van der Waals surface area contributed by atoms with Gasteiger partial charge in [-0.3, -0.25) is 9.69 Å². The number of nitrogens with zero attached hydrogens (tertiary/aromatic N) is 1. The van der Waals surface area contributed by atoms with Crippen LogP contribution in [-0.2, 0) is 9.59 Å². The average molecular weight is 450 g/mol. The summed E-state index contributed by atoms with van der Waals surface area (Å²) in [6.45, 7) is 4.09. The molecule has 1 amide bonds. The van der Waals surface area contributed by atoms with E-state index >= 15 is 0 Å². The minimum atomic E-state index is -1.18. The first-order chi connectivity index (χ1) is 14.8. The molecule has 0 spiro atoms. The number of hydrogen-bond donors (Lipinski definition) is 1. The Labute approximate surface area is 189 Å². The minimum absolute atomic E-state index is 0.202. The molecule has 0 radical (unpaired) electrons. The molecule has 31 heavy (non-hydrogen) atoms. The molecule has 2 aromatic carbocycles. The van der Waals surface area contributed by atoms with Gasteiger partial charge in [0.15, 0.2) is 6.04 Å². The van der Waals surface area contributed by atoms with Crippen LogP contribution in [0.4, 0.5) is 0 Å². The van der Waals surface area contributed by atoms with E-state index in [0.717, 1.165) is 27.8 Å². The van der Waals surface area contributed by atoms with Crippen molar-refractivity contribution < 1.29 is 19.1 Å². The number of aryl methyl sites for hydroxylation is 2. The van der Waals surface area contributed by atoms with Gasteiger partial charge < -0.3 is 9.52 Å². The second-order valence-corrected chi connectivity index (χ2v) is 8.88. The topological polar surface area (TPSA) is 70.8 Å². The Kier molecular flexibility index (Phi) is 5.80. The molecule has 1 aromatic heterocycles. The molecule has 0 saturated carbocycles. The van der Waals surface area contributed by atoms with E-state index in [4.69, 9.17) is 16.6 Å². The molecule has 7 heteroatoms. The molecule has 5 nitrogen and oxygen atoms in total. The van der Waals surface area contributed by atoms with Crippen LogP contribution in [0.1, 0.15) is 28.5 Å². The van der Waals surface area contributed by atoms with Gasteiger partial charge in [0.25, 0.3) is 5.91 Å². The van der Waals surface area contributed by atoms with E-state index in [1.54, 1.807) is 42.5 Å². The number of benzene rings is 2. The standard InChI is InChI=1S/C24H19NO4S2/c1-14-8-9-17(12-15(14)2)19-11-10-18(29-19)13-20-22(26)25(24(30)31-20)21(23(27)28)16-6-4-3-5-7-16/h3-13,21H,1-2H3,(H,27,28)/b20-13-. The monoisotopic (exact) mass is 449 g/mol. The molecule has 0 aliphatic carbocycles. The zero-order valence-electron chi connectivity index (χ0n) is 16.9. The Morgan fingerprint density at radius 3 is 2.52 bits per heavy atom. The number of thioether (sulfide) groups is 1. The first-order valence-corrected chi connectivity index (χ1v) is 10.8. The van der Waals surface area contributed by atoms with E-state index < -0.39 is 17.9 Å². The molecule has 1 N–H and O–H groups in total. The predicted molar refractivity (Wildman–Crippen MR) is 125 cm³/mol. The number of carbonyl (C=O) groups is 2. The summed E-state index contributed by atoms with van der Waals surface area (Å²) in [6, 6.07) is 17.1. The Morgan fingerprint density at radius 2 is 1.84 bits per heavy atom. The zero-order valence-corrected chi connectivity index (χ0v) is 18.5. The van der Waals surface area contributed by atoms with E-state index in [9.17, 15) is 14.7 Å². The van der Waals surface area contributed by atoms with Crippen LogP contribution in [0, 0.1) is 13.8 Å². The third-order valence-corrected chi connectivity index (χ3v) is 6.45.